The molecule has 30 heavy (non-hydrogen) atoms. The Labute approximate surface area is 177 Å². The molecule has 7 nitrogen and oxygen atoms in total. The molecule has 3 aromatic rings. The van der Waals surface area contributed by atoms with Crippen molar-refractivity contribution < 1.29 is 9.53 Å². The highest BCUT2D eigenvalue weighted by Gasteiger charge is 2.85. The van der Waals surface area contributed by atoms with E-state index in [1.807, 2.05) is 29.9 Å². The minimum atomic E-state index is -0.180. The van der Waals surface area contributed by atoms with Crippen molar-refractivity contribution in [2.45, 2.75) is 50.7 Å². The molecule has 1 saturated heterocycles. The first kappa shape index (κ1) is 17.0. The van der Waals surface area contributed by atoms with E-state index in [0.717, 1.165) is 65.3 Å². The summed E-state index contributed by atoms with van der Waals surface area (Å²) in [5, 5.41) is 5.42. The highest BCUT2D eigenvalue weighted by molar-refractivity contribution is 7.15. The van der Waals surface area contributed by atoms with Gasteiger partial charge in [0, 0.05) is 36.2 Å². The summed E-state index contributed by atoms with van der Waals surface area (Å²) in [4.78, 5) is 25.1. The largest absolute Gasteiger partial charge is 0.469 e. The Morgan fingerprint density at radius 1 is 1.40 bits per heavy atom. The van der Waals surface area contributed by atoms with E-state index in [0.29, 0.717) is 11.9 Å². The molecule has 0 unspecified atom stereocenters. The Morgan fingerprint density at radius 3 is 3.07 bits per heavy atom. The van der Waals surface area contributed by atoms with Crippen LogP contribution >= 0.6 is 11.3 Å². The van der Waals surface area contributed by atoms with Gasteiger partial charge in [0.25, 0.3) is 0 Å². The highest BCUT2D eigenvalue weighted by atomic mass is 32.1. The Bertz CT molecular complexity index is 1260. The van der Waals surface area contributed by atoms with Gasteiger partial charge in [-0.1, -0.05) is 6.08 Å². The van der Waals surface area contributed by atoms with Crippen LogP contribution in [0.1, 0.15) is 37.1 Å². The number of hydrogen-bond acceptors (Lipinski definition) is 6. The Balaban J connectivity index is 1.20. The molecule has 4 aliphatic rings. The van der Waals surface area contributed by atoms with Gasteiger partial charge in [0.05, 0.1) is 22.3 Å². The molecule has 3 aliphatic carbocycles. The second-order valence-electron chi connectivity index (χ2n) is 9.00. The van der Waals surface area contributed by atoms with Crippen molar-refractivity contribution in [3.05, 3.63) is 41.3 Å². The second-order valence-corrected chi connectivity index (χ2v) is 10.2. The summed E-state index contributed by atoms with van der Waals surface area (Å²) in [7, 11) is 0. The molecule has 1 aliphatic heterocycles. The van der Waals surface area contributed by atoms with Crippen LogP contribution < -0.4 is 4.74 Å². The zero-order valence-electron chi connectivity index (χ0n) is 16.7. The van der Waals surface area contributed by atoms with E-state index in [1.54, 1.807) is 17.5 Å². The van der Waals surface area contributed by atoms with E-state index in [4.69, 9.17) is 9.72 Å². The number of ether oxygens (including phenoxy) is 1. The fourth-order valence-corrected chi connectivity index (χ4v) is 6.48. The van der Waals surface area contributed by atoms with E-state index in [2.05, 4.69) is 21.1 Å². The zero-order chi connectivity index (χ0) is 20.1. The van der Waals surface area contributed by atoms with Gasteiger partial charge in [-0.15, -0.1) is 11.3 Å². The van der Waals surface area contributed by atoms with Crippen LogP contribution in [0.5, 0.6) is 5.88 Å². The van der Waals surface area contributed by atoms with Crippen molar-refractivity contribution in [1.82, 2.24) is 24.5 Å². The fraction of sp³-hybridized carbons (Fsp3) is 0.455. The van der Waals surface area contributed by atoms with E-state index in [1.165, 1.54) is 0 Å². The number of aromatic nitrogens is 4. The number of hydrogen-bond donors (Lipinski definition) is 0. The van der Waals surface area contributed by atoms with Crippen LogP contribution in [0, 0.1) is 12.3 Å². The molecule has 0 bridgehead atoms. The summed E-state index contributed by atoms with van der Waals surface area (Å²) < 4.78 is 8.48. The molecule has 4 heterocycles. The zero-order valence-corrected chi connectivity index (χ0v) is 17.5. The van der Waals surface area contributed by atoms with Crippen molar-refractivity contribution in [3.63, 3.8) is 0 Å². The smallest absolute Gasteiger partial charge is 0.249 e. The van der Waals surface area contributed by atoms with Gasteiger partial charge < -0.3 is 9.64 Å². The standard InChI is InChI=1S/C22H21N5O2S/c1-13-23-10-17(30-13)15-11-27-16(5-7-24-27)19(25-15)29-22-9-18-21(22,12-22)6-8-26(18)20(28)14-3-2-4-14/h3,5,7,10-11,18H,2,4,6,8-9,12H2,1H3/t18-,21-,22-/m0/s1. The Kier molecular flexibility index (Phi) is 3.11. The van der Waals surface area contributed by atoms with Gasteiger partial charge in [-0.3, -0.25) is 4.79 Å². The molecule has 3 aromatic heterocycles. The first-order chi connectivity index (χ1) is 14.6. The number of aryl methyl sites for hydroxylation is 1. The maximum Gasteiger partial charge on any atom is 0.249 e. The lowest BCUT2D eigenvalue weighted by molar-refractivity contribution is -0.132. The van der Waals surface area contributed by atoms with Gasteiger partial charge in [-0.25, -0.2) is 14.5 Å². The molecule has 1 amide bonds. The van der Waals surface area contributed by atoms with Gasteiger partial charge in [0.1, 0.15) is 16.8 Å². The molecule has 3 atom stereocenters. The van der Waals surface area contributed by atoms with Gasteiger partial charge in [0.2, 0.25) is 11.8 Å². The number of likely N-dealkylation sites (tertiary alicyclic amines) is 1. The summed E-state index contributed by atoms with van der Waals surface area (Å²) in [5.41, 5.74) is 2.64. The predicted molar refractivity (Wildman–Crippen MR) is 111 cm³/mol. The van der Waals surface area contributed by atoms with Crippen molar-refractivity contribution in [2.75, 3.05) is 6.54 Å². The third-order valence-corrected chi connectivity index (χ3v) is 8.52. The molecule has 2 saturated carbocycles. The van der Waals surface area contributed by atoms with E-state index < -0.39 is 0 Å². The van der Waals surface area contributed by atoms with E-state index in [-0.39, 0.29) is 16.9 Å². The maximum absolute atomic E-state index is 12.8. The average Bonchev–Trinajstić information content (AvgIpc) is 3.17. The van der Waals surface area contributed by atoms with Gasteiger partial charge >= 0.3 is 0 Å². The molecule has 152 valence electrons. The number of rotatable bonds is 4. The third kappa shape index (κ3) is 2.05. The van der Waals surface area contributed by atoms with Gasteiger partial charge in [-0.2, -0.15) is 5.10 Å². The van der Waals surface area contributed by atoms with Crippen molar-refractivity contribution >= 4 is 22.8 Å². The van der Waals surface area contributed by atoms with Crippen LogP contribution in [-0.4, -0.2) is 48.6 Å². The summed E-state index contributed by atoms with van der Waals surface area (Å²) in [6, 6.07) is 2.26. The lowest BCUT2D eigenvalue weighted by Gasteiger charge is -2.42. The maximum atomic E-state index is 12.8. The van der Waals surface area contributed by atoms with E-state index in [9.17, 15) is 4.79 Å². The van der Waals surface area contributed by atoms with Crippen LogP contribution in [0.15, 0.2) is 36.3 Å². The molecular weight excluding hydrogens is 398 g/mol. The number of allylic oxidation sites excluding steroid dienone is 1. The minimum Gasteiger partial charge on any atom is -0.469 e. The van der Waals surface area contributed by atoms with Crippen molar-refractivity contribution in [2.24, 2.45) is 5.41 Å². The molecule has 8 heteroatoms. The Hall–Kier alpha value is -2.74. The molecule has 1 spiro atoms. The lowest BCUT2D eigenvalue weighted by Crippen LogP contribution is -2.53. The van der Waals surface area contributed by atoms with Crippen LogP contribution in [0.2, 0.25) is 0 Å². The van der Waals surface area contributed by atoms with Crippen LogP contribution in [0.4, 0.5) is 0 Å². The third-order valence-electron chi connectivity index (χ3n) is 7.58. The summed E-state index contributed by atoms with van der Waals surface area (Å²) in [6.45, 7) is 2.84. The number of carbonyl (C=O) groups excluding carboxylic acids is 1. The lowest BCUT2D eigenvalue weighted by atomic mass is 9.76. The van der Waals surface area contributed by atoms with Gasteiger partial charge in [-0.05, 0) is 38.7 Å². The fourth-order valence-electron chi connectivity index (χ4n) is 5.75. The molecule has 0 aromatic carbocycles. The second kappa shape index (κ2) is 5.49. The summed E-state index contributed by atoms with van der Waals surface area (Å²) in [6.07, 6.45) is 12.6. The summed E-state index contributed by atoms with van der Waals surface area (Å²) in [5.74, 6) is 0.889. The molecular formula is C22H21N5O2S. The quantitative estimate of drug-likeness (QED) is 0.648. The van der Waals surface area contributed by atoms with Crippen molar-refractivity contribution in [1.29, 1.82) is 0 Å². The van der Waals surface area contributed by atoms with Crippen LogP contribution in [0.25, 0.3) is 16.1 Å². The SMILES string of the molecule is Cc1ncc(-c2cn3nccc3c(O[C@]34C[C@@H]5N(C(=O)C6=CCC6)CC[C@]53C4)n2)s1. The summed E-state index contributed by atoms with van der Waals surface area (Å²) >= 11 is 1.62. The van der Waals surface area contributed by atoms with Crippen LogP contribution in [0.3, 0.4) is 0 Å². The first-order valence-electron chi connectivity index (χ1n) is 10.5. The molecule has 7 rings (SSSR count). The number of thiazole rings is 1. The first-order valence-corrected chi connectivity index (χ1v) is 11.4. The number of carbonyl (C=O) groups is 1. The highest BCUT2D eigenvalue weighted by Crippen LogP contribution is 2.77. The van der Waals surface area contributed by atoms with Crippen LogP contribution in [-0.2, 0) is 4.79 Å². The minimum absolute atomic E-state index is 0.114. The predicted octanol–water partition coefficient (Wildman–Crippen LogP) is 3.39. The van der Waals surface area contributed by atoms with Crippen molar-refractivity contribution in [3.8, 4) is 16.5 Å². The molecule has 3 fully saturated rings. The molecule has 0 N–H and O–H groups in total. The molecule has 0 radical (unpaired) electrons. The van der Waals surface area contributed by atoms with Gasteiger partial charge in [0.15, 0.2) is 0 Å². The van der Waals surface area contributed by atoms with E-state index >= 15 is 0 Å². The Morgan fingerprint density at radius 2 is 2.30 bits per heavy atom. The topological polar surface area (TPSA) is 72.6 Å². The number of amides is 1. The average molecular weight is 420 g/mol. The monoisotopic (exact) mass is 419 g/mol. The normalized spacial score (nSPS) is 30.9. The number of fused-ring (bicyclic) bond motifs is 1. The number of nitrogens with zero attached hydrogens (tertiary/aromatic N) is 5.